The van der Waals surface area contributed by atoms with E-state index in [0.717, 1.165) is 12.3 Å². The molecule has 1 aliphatic heterocycles. The number of piperidine rings is 1. The molecule has 2 rings (SSSR count). The number of carbonyl (C=O) groups is 1. The van der Waals surface area contributed by atoms with Crippen molar-refractivity contribution in [2.45, 2.75) is 24.9 Å². The molecule has 3 N–H and O–H groups in total. The van der Waals surface area contributed by atoms with Gasteiger partial charge in [0.05, 0.1) is 6.04 Å². The third-order valence-corrected chi connectivity index (χ3v) is 2.22. The Labute approximate surface area is 53.6 Å². The minimum absolute atomic E-state index is 0.0197. The summed E-state index contributed by atoms with van der Waals surface area (Å²) in [6, 6.07) is 0.608. The first-order chi connectivity index (χ1) is 4.27. The van der Waals surface area contributed by atoms with Gasteiger partial charge in [0.25, 0.3) is 0 Å². The van der Waals surface area contributed by atoms with Crippen LogP contribution < -0.4 is 11.1 Å². The summed E-state index contributed by atoms with van der Waals surface area (Å²) in [6.07, 6.45) is 2.23. The summed E-state index contributed by atoms with van der Waals surface area (Å²) in [7, 11) is 0. The molecule has 0 aromatic heterocycles. The molecular formula is C6H10N2O. The van der Waals surface area contributed by atoms with E-state index in [1.165, 1.54) is 6.42 Å². The fourth-order valence-electron chi connectivity index (χ4n) is 1.54. The van der Waals surface area contributed by atoms with Crippen molar-refractivity contribution in [3.05, 3.63) is 0 Å². The zero-order chi connectivity index (χ0) is 6.43. The number of fused-ring (bicyclic) bond motifs is 1. The lowest BCUT2D eigenvalue weighted by Gasteiger charge is -2.06. The average Bonchev–Trinajstić information content (AvgIpc) is 2.40. The maximum atomic E-state index is 10.5. The molecule has 3 atom stereocenters. The van der Waals surface area contributed by atoms with Gasteiger partial charge in [-0.25, -0.2) is 0 Å². The number of primary amides is 1. The number of nitrogens with two attached hydrogens (primary N) is 1. The predicted molar refractivity (Wildman–Crippen MR) is 32.6 cm³/mol. The van der Waals surface area contributed by atoms with Crippen LogP contribution in [0.5, 0.6) is 0 Å². The number of amides is 1. The van der Waals surface area contributed by atoms with Gasteiger partial charge >= 0.3 is 0 Å². The molecule has 2 fully saturated rings. The molecule has 0 aromatic rings. The van der Waals surface area contributed by atoms with Gasteiger partial charge in [-0.2, -0.15) is 0 Å². The number of nitrogens with one attached hydrogen (secondary N) is 1. The third-order valence-electron chi connectivity index (χ3n) is 2.22. The highest BCUT2D eigenvalue weighted by Gasteiger charge is 2.47. The van der Waals surface area contributed by atoms with Crippen molar-refractivity contribution in [2.75, 3.05) is 0 Å². The van der Waals surface area contributed by atoms with Crippen LogP contribution in [0.1, 0.15) is 12.8 Å². The zero-order valence-corrected chi connectivity index (χ0v) is 5.13. The van der Waals surface area contributed by atoms with Gasteiger partial charge in [-0.3, -0.25) is 4.79 Å². The second kappa shape index (κ2) is 1.48. The predicted octanol–water partition coefficient (Wildman–Crippen LogP) is -0.778. The molecule has 1 unspecified atom stereocenters. The van der Waals surface area contributed by atoms with E-state index in [0.29, 0.717) is 6.04 Å². The summed E-state index contributed by atoms with van der Waals surface area (Å²) in [5.41, 5.74) is 5.08. The minimum Gasteiger partial charge on any atom is -0.368 e. The van der Waals surface area contributed by atoms with Crippen LogP contribution in [-0.2, 0) is 4.79 Å². The smallest absolute Gasteiger partial charge is 0.234 e. The van der Waals surface area contributed by atoms with Crippen molar-refractivity contribution in [2.24, 2.45) is 11.7 Å². The van der Waals surface area contributed by atoms with Crippen LogP contribution in [0.4, 0.5) is 0 Å². The topological polar surface area (TPSA) is 55.1 Å². The maximum Gasteiger partial charge on any atom is 0.234 e. The standard InChI is InChI=1S/C6H10N2O/c7-6(9)5-2-3-1-4(3)8-5/h3-5,8H,1-2H2,(H2,7,9)/t3-,4-,5?/m1/s1. The quantitative estimate of drug-likeness (QED) is 0.484. The molecule has 0 spiro atoms. The lowest BCUT2D eigenvalue weighted by molar-refractivity contribution is -0.119. The second-order valence-electron chi connectivity index (χ2n) is 2.96. The van der Waals surface area contributed by atoms with Crippen molar-refractivity contribution in [3.8, 4) is 0 Å². The molecule has 0 bridgehead atoms. The van der Waals surface area contributed by atoms with Gasteiger partial charge < -0.3 is 11.1 Å². The highest BCUT2D eigenvalue weighted by molar-refractivity contribution is 5.80. The van der Waals surface area contributed by atoms with Gasteiger partial charge in [-0.05, 0) is 18.8 Å². The van der Waals surface area contributed by atoms with Crippen LogP contribution in [0.15, 0.2) is 0 Å². The highest BCUT2D eigenvalue weighted by atomic mass is 16.1. The van der Waals surface area contributed by atoms with Gasteiger partial charge in [0.1, 0.15) is 0 Å². The van der Waals surface area contributed by atoms with E-state index >= 15 is 0 Å². The van der Waals surface area contributed by atoms with Crippen molar-refractivity contribution in [3.63, 3.8) is 0 Å². The highest BCUT2D eigenvalue weighted by Crippen LogP contribution is 2.40. The molecular weight excluding hydrogens is 116 g/mol. The maximum absolute atomic E-state index is 10.5. The van der Waals surface area contributed by atoms with Gasteiger partial charge in [0.15, 0.2) is 0 Å². The first-order valence-electron chi connectivity index (χ1n) is 3.33. The molecule has 9 heavy (non-hydrogen) atoms. The third kappa shape index (κ3) is 0.721. The van der Waals surface area contributed by atoms with Crippen molar-refractivity contribution in [1.29, 1.82) is 0 Å². The van der Waals surface area contributed by atoms with E-state index in [9.17, 15) is 4.79 Å². The molecule has 1 heterocycles. The van der Waals surface area contributed by atoms with Crippen LogP contribution in [0.2, 0.25) is 0 Å². The molecule has 2 aliphatic rings. The fourth-order valence-corrected chi connectivity index (χ4v) is 1.54. The Morgan fingerprint density at radius 1 is 1.56 bits per heavy atom. The Hall–Kier alpha value is -0.570. The normalized spacial score (nSPS) is 46.4. The van der Waals surface area contributed by atoms with Gasteiger partial charge in [0.2, 0.25) is 5.91 Å². The van der Waals surface area contributed by atoms with E-state index < -0.39 is 0 Å². The molecule has 0 aromatic carbocycles. The Morgan fingerprint density at radius 3 is 2.67 bits per heavy atom. The van der Waals surface area contributed by atoms with Crippen molar-refractivity contribution < 1.29 is 4.79 Å². The zero-order valence-electron chi connectivity index (χ0n) is 5.13. The van der Waals surface area contributed by atoms with Crippen LogP contribution >= 0.6 is 0 Å². The molecule has 0 radical (unpaired) electrons. The first kappa shape index (κ1) is 5.23. The number of hydrogen-bond donors (Lipinski definition) is 2. The van der Waals surface area contributed by atoms with Crippen LogP contribution in [0.3, 0.4) is 0 Å². The van der Waals surface area contributed by atoms with Gasteiger partial charge in [-0.15, -0.1) is 0 Å². The molecule has 3 heteroatoms. The van der Waals surface area contributed by atoms with E-state index in [2.05, 4.69) is 5.32 Å². The van der Waals surface area contributed by atoms with Crippen LogP contribution in [-0.4, -0.2) is 18.0 Å². The van der Waals surface area contributed by atoms with Crippen molar-refractivity contribution >= 4 is 5.91 Å². The lowest BCUT2D eigenvalue weighted by Crippen LogP contribution is -2.38. The number of hydrogen-bond acceptors (Lipinski definition) is 2. The van der Waals surface area contributed by atoms with Gasteiger partial charge in [0, 0.05) is 6.04 Å². The summed E-state index contributed by atoms with van der Waals surface area (Å²) in [4.78, 5) is 10.5. The Balaban J connectivity index is 1.97. The minimum atomic E-state index is -0.192. The monoisotopic (exact) mass is 126 g/mol. The number of rotatable bonds is 1. The summed E-state index contributed by atoms with van der Waals surface area (Å²) < 4.78 is 0. The van der Waals surface area contributed by atoms with Crippen LogP contribution in [0.25, 0.3) is 0 Å². The Bertz CT molecular complexity index is 147. The molecule has 1 saturated heterocycles. The van der Waals surface area contributed by atoms with Crippen LogP contribution in [0, 0.1) is 5.92 Å². The SMILES string of the molecule is NC(=O)C1C[C@H]2C[C@H]2N1. The summed E-state index contributed by atoms with van der Waals surface area (Å²) in [6.45, 7) is 0. The van der Waals surface area contributed by atoms with Crippen molar-refractivity contribution in [1.82, 2.24) is 5.32 Å². The van der Waals surface area contributed by atoms with E-state index in [-0.39, 0.29) is 11.9 Å². The molecule has 1 saturated carbocycles. The average molecular weight is 126 g/mol. The Kier molecular flexibility index (Phi) is 0.858. The molecule has 1 aliphatic carbocycles. The van der Waals surface area contributed by atoms with Gasteiger partial charge in [-0.1, -0.05) is 0 Å². The van der Waals surface area contributed by atoms with E-state index in [4.69, 9.17) is 5.73 Å². The summed E-state index contributed by atoms with van der Waals surface area (Å²) in [5.74, 6) is 0.574. The summed E-state index contributed by atoms with van der Waals surface area (Å²) >= 11 is 0. The fraction of sp³-hybridized carbons (Fsp3) is 0.833. The van der Waals surface area contributed by atoms with E-state index in [1.807, 2.05) is 0 Å². The second-order valence-corrected chi connectivity index (χ2v) is 2.96. The Morgan fingerprint density at radius 2 is 2.33 bits per heavy atom. The number of carbonyl (C=O) groups excluding carboxylic acids is 1. The largest absolute Gasteiger partial charge is 0.368 e. The summed E-state index contributed by atoms with van der Waals surface area (Å²) in [5, 5.41) is 3.15. The molecule has 1 amide bonds. The molecule has 3 nitrogen and oxygen atoms in total. The lowest BCUT2D eigenvalue weighted by atomic mass is 10.2. The van der Waals surface area contributed by atoms with E-state index in [1.54, 1.807) is 0 Å². The molecule has 50 valence electrons. The first-order valence-corrected chi connectivity index (χ1v) is 3.33.